The first-order chi connectivity index (χ1) is 20.6. The zero-order valence-electron chi connectivity index (χ0n) is 25.7. The molecule has 1 spiro atoms. The molecule has 2 aromatic rings. The molecule has 0 aromatic heterocycles. The van der Waals surface area contributed by atoms with Crippen LogP contribution in [-0.2, 0) is 26.2 Å². The number of ether oxygens (including phenoxy) is 2. The van der Waals surface area contributed by atoms with Crippen molar-refractivity contribution in [3.63, 3.8) is 0 Å². The summed E-state index contributed by atoms with van der Waals surface area (Å²) in [5.41, 5.74) is 2.61. The number of esters is 1. The number of nitrogens with zero attached hydrogens (tertiary/aromatic N) is 2. The van der Waals surface area contributed by atoms with Gasteiger partial charge in [-0.2, -0.15) is 0 Å². The fourth-order valence-corrected chi connectivity index (χ4v) is 8.89. The Bertz CT molecular complexity index is 1540. The standard InChI is InChI=1S/C36H42N2O5/c1-22(2)20-38(31(41)13-10-25-7-5-6-23(3)18-25)28-14-15-36(43-24(4)39)30-19-27-11-12-29(40)33-32(27)35(36,34(28)42-33)16-17-37(30)21-26-8-9-26/h5-7,11-12,18,22,26,28,30,34,40H,8-9,14-17,19-21H2,1-4H3/t28-,30+,34-,35-,36+/m0/s1. The predicted molar refractivity (Wildman–Crippen MR) is 163 cm³/mol. The van der Waals surface area contributed by atoms with Gasteiger partial charge in [0.25, 0.3) is 5.91 Å². The van der Waals surface area contributed by atoms with Crippen molar-refractivity contribution >= 4 is 11.9 Å². The van der Waals surface area contributed by atoms with Crippen molar-refractivity contribution in [2.45, 2.75) is 95.4 Å². The molecule has 2 heterocycles. The maximum Gasteiger partial charge on any atom is 0.303 e. The highest BCUT2D eigenvalue weighted by Crippen LogP contribution is 2.67. The van der Waals surface area contributed by atoms with Crippen LogP contribution in [0.15, 0.2) is 36.4 Å². The number of carbonyl (C=O) groups excluding carboxylic acids is 2. The van der Waals surface area contributed by atoms with Crippen molar-refractivity contribution in [1.29, 1.82) is 0 Å². The molecule has 7 rings (SSSR count). The minimum atomic E-state index is -0.793. The van der Waals surface area contributed by atoms with E-state index in [0.29, 0.717) is 31.1 Å². The number of carbonyl (C=O) groups is 2. The topological polar surface area (TPSA) is 79.3 Å². The number of hydrogen-bond donors (Lipinski definition) is 1. The second kappa shape index (κ2) is 10.3. The third-order valence-electron chi connectivity index (χ3n) is 10.6. The van der Waals surface area contributed by atoms with E-state index in [1.165, 1.54) is 19.8 Å². The minimum absolute atomic E-state index is 0.0242. The van der Waals surface area contributed by atoms with Crippen LogP contribution in [0.2, 0.25) is 0 Å². The molecule has 0 unspecified atom stereocenters. The second-order valence-corrected chi connectivity index (χ2v) is 13.9. The van der Waals surface area contributed by atoms with E-state index in [1.54, 1.807) is 6.07 Å². The normalized spacial score (nSPS) is 30.1. The Morgan fingerprint density at radius 1 is 1.19 bits per heavy atom. The summed E-state index contributed by atoms with van der Waals surface area (Å²) in [5, 5.41) is 11.1. The summed E-state index contributed by atoms with van der Waals surface area (Å²) in [6, 6.07) is 11.4. The van der Waals surface area contributed by atoms with Gasteiger partial charge in [-0.25, -0.2) is 0 Å². The molecular weight excluding hydrogens is 540 g/mol. The summed E-state index contributed by atoms with van der Waals surface area (Å²) in [6.45, 7) is 10.2. The van der Waals surface area contributed by atoms with Crippen molar-refractivity contribution in [2.75, 3.05) is 19.6 Å². The molecule has 5 aliphatic rings. The van der Waals surface area contributed by atoms with Crippen LogP contribution in [0.1, 0.15) is 75.1 Å². The number of phenolic OH excluding ortho intramolecular Hbond substituents is 1. The van der Waals surface area contributed by atoms with Crippen molar-refractivity contribution in [3.8, 4) is 23.3 Å². The van der Waals surface area contributed by atoms with E-state index in [0.717, 1.165) is 48.2 Å². The molecule has 2 bridgehead atoms. The third-order valence-corrected chi connectivity index (χ3v) is 10.6. The van der Waals surface area contributed by atoms with Crippen LogP contribution in [0.25, 0.3) is 0 Å². The molecule has 0 radical (unpaired) electrons. The van der Waals surface area contributed by atoms with Gasteiger partial charge in [0.05, 0.1) is 17.5 Å². The average Bonchev–Trinajstić information content (AvgIpc) is 3.70. The van der Waals surface area contributed by atoms with E-state index in [2.05, 4.69) is 30.6 Å². The Morgan fingerprint density at radius 3 is 2.72 bits per heavy atom. The molecule has 2 saturated carbocycles. The van der Waals surface area contributed by atoms with Crippen molar-refractivity contribution in [3.05, 3.63) is 58.7 Å². The average molecular weight is 583 g/mol. The van der Waals surface area contributed by atoms with Crippen LogP contribution < -0.4 is 4.74 Å². The van der Waals surface area contributed by atoms with E-state index < -0.39 is 17.1 Å². The number of rotatable bonds is 6. The summed E-state index contributed by atoms with van der Waals surface area (Å²) in [5.74, 6) is 7.07. The Hall–Kier alpha value is -3.50. The van der Waals surface area contributed by atoms with E-state index in [4.69, 9.17) is 9.47 Å². The number of likely N-dealkylation sites (tertiary alicyclic amines) is 1. The Kier molecular flexibility index (Phi) is 6.77. The fourth-order valence-electron chi connectivity index (χ4n) is 8.89. The number of benzene rings is 2. The first-order valence-corrected chi connectivity index (χ1v) is 16.0. The van der Waals surface area contributed by atoms with Gasteiger partial charge in [-0.3, -0.25) is 14.5 Å². The molecule has 1 amide bonds. The molecule has 43 heavy (non-hydrogen) atoms. The molecule has 5 atom stereocenters. The molecule has 3 aliphatic carbocycles. The van der Waals surface area contributed by atoms with Crippen LogP contribution in [-0.4, -0.2) is 70.2 Å². The Morgan fingerprint density at radius 2 is 2.00 bits per heavy atom. The summed E-state index contributed by atoms with van der Waals surface area (Å²) >= 11 is 0. The van der Waals surface area contributed by atoms with Crippen LogP contribution >= 0.6 is 0 Å². The maximum atomic E-state index is 14.0. The lowest BCUT2D eigenvalue weighted by Crippen LogP contribution is -2.79. The molecule has 3 fully saturated rings. The van der Waals surface area contributed by atoms with Crippen molar-refractivity contribution in [1.82, 2.24) is 9.80 Å². The van der Waals surface area contributed by atoms with Gasteiger partial charge < -0.3 is 19.5 Å². The Balaban J connectivity index is 1.34. The molecule has 1 N–H and O–H groups in total. The van der Waals surface area contributed by atoms with Gasteiger partial charge in [0.2, 0.25) is 0 Å². The van der Waals surface area contributed by atoms with Crippen molar-refractivity contribution < 1.29 is 24.2 Å². The van der Waals surface area contributed by atoms with E-state index in [1.807, 2.05) is 42.2 Å². The summed E-state index contributed by atoms with van der Waals surface area (Å²) in [7, 11) is 0. The number of aryl methyl sites for hydroxylation is 1. The van der Waals surface area contributed by atoms with Crippen LogP contribution in [0, 0.1) is 30.6 Å². The monoisotopic (exact) mass is 582 g/mol. The molecule has 1 saturated heterocycles. The van der Waals surface area contributed by atoms with Gasteiger partial charge >= 0.3 is 5.97 Å². The van der Waals surface area contributed by atoms with Gasteiger partial charge in [0, 0.05) is 37.1 Å². The lowest BCUT2D eigenvalue weighted by atomic mass is 9.48. The number of phenols is 1. The van der Waals surface area contributed by atoms with Crippen molar-refractivity contribution in [2.24, 2.45) is 11.8 Å². The van der Waals surface area contributed by atoms with E-state index in [-0.39, 0.29) is 35.6 Å². The molecule has 2 aromatic carbocycles. The number of amides is 1. The summed E-state index contributed by atoms with van der Waals surface area (Å²) < 4.78 is 13.4. The van der Waals surface area contributed by atoms with Gasteiger partial charge in [-0.1, -0.05) is 38.0 Å². The number of hydrogen-bond acceptors (Lipinski definition) is 6. The summed E-state index contributed by atoms with van der Waals surface area (Å²) in [4.78, 5) is 31.4. The Labute approximate surface area is 254 Å². The smallest absolute Gasteiger partial charge is 0.303 e. The second-order valence-electron chi connectivity index (χ2n) is 13.9. The molecule has 7 heteroatoms. The minimum Gasteiger partial charge on any atom is -0.504 e. The fraction of sp³-hybridized carbons (Fsp3) is 0.556. The largest absolute Gasteiger partial charge is 0.504 e. The quantitative estimate of drug-likeness (QED) is 0.392. The lowest BCUT2D eigenvalue weighted by Gasteiger charge is -2.65. The number of piperidine rings is 1. The highest BCUT2D eigenvalue weighted by Gasteiger charge is 2.75. The zero-order valence-corrected chi connectivity index (χ0v) is 25.7. The van der Waals surface area contributed by atoms with E-state index >= 15 is 0 Å². The SMILES string of the molecule is CC(=O)O[C@@]12CC[C@H](N(CC(C)C)C(=O)C#Cc3cccc(C)c3)[C@@H]3Oc4c(O)ccc5c4[C@@]31CCN(CC1CC1)[C@@H]2C5. The first kappa shape index (κ1) is 28.3. The maximum absolute atomic E-state index is 14.0. The first-order valence-electron chi connectivity index (χ1n) is 16.0. The van der Waals surface area contributed by atoms with E-state index in [9.17, 15) is 14.7 Å². The summed E-state index contributed by atoms with van der Waals surface area (Å²) in [6.07, 6.45) is 4.80. The molecule has 226 valence electrons. The number of aromatic hydroxyl groups is 1. The van der Waals surface area contributed by atoms with Gasteiger partial charge in [0.1, 0.15) is 11.7 Å². The highest BCUT2D eigenvalue weighted by molar-refractivity contribution is 5.94. The molecular formula is C36H42N2O5. The predicted octanol–water partition coefficient (Wildman–Crippen LogP) is 4.74. The zero-order chi connectivity index (χ0) is 30.1. The van der Waals surface area contributed by atoms with Crippen LogP contribution in [0.3, 0.4) is 0 Å². The third kappa shape index (κ3) is 4.44. The van der Waals surface area contributed by atoms with Gasteiger partial charge in [0.15, 0.2) is 11.5 Å². The van der Waals surface area contributed by atoms with Gasteiger partial charge in [-0.05, 0) is 93.2 Å². The lowest BCUT2D eigenvalue weighted by molar-refractivity contribution is -0.224. The molecule has 2 aliphatic heterocycles. The van der Waals surface area contributed by atoms with Crippen LogP contribution in [0.5, 0.6) is 11.5 Å². The highest BCUT2D eigenvalue weighted by atomic mass is 16.6. The molecule has 7 nitrogen and oxygen atoms in total. The van der Waals surface area contributed by atoms with Gasteiger partial charge in [-0.15, -0.1) is 0 Å². The van der Waals surface area contributed by atoms with Crippen LogP contribution in [0.4, 0.5) is 0 Å².